The number of hydrogen-bond acceptors (Lipinski definition) is 4. The van der Waals surface area contributed by atoms with E-state index in [2.05, 4.69) is 21.3 Å². The van der Waals surface area contributed by atoms with Crippen molar-refractivity contribution >= 4 is 33.1 Å². The van der Waals surface area contributed by atoms with Crippen molar-refractivity contribution in [1.29, 1.82) is 0 Å². The van der Waals surface area contributed by atoms with Crippen molar-refractivity contribution in [3.63, 3.8) is 0 Å². The van der Waals surface area contributed by atoms with Crippen molar-refractivity contribution in [3.8, 4) is 0 Å². The lowest BCUT2D eigenvalue weighted by Crippen LogP contribution is -2.29. The molecule has 0 saturated carbocycles. The molecular formula is C20H21N3OS. The van der Waals surface area contributed by atoms with Gasteiger partial charge in [-0.25, -0.2) is 4.98 Å². The number of carbonyl (C=O) groups excluding carboxylic acids is 1. The van der Waals surface area contributed by atoms with Crippen LogP contribution in [0.1, 0.15) is 35.2 Å². The van der Waals surface area contributed by atoms with Gasteiger partial charge in [0.25, 0.3) is 5.91 Å². The Morgan fingerprint density at radius 3 is 2.84 bits per heavy atom. The molecule has 1 fully saturated rings. The molecule has 0 aliphatic carbocycles. The van der Waals surface area contributed by atoms with E-state index in [1.165, 1.54) is 24.8 Å². The number of nitrogens with one attached hydrogen (secondary N) is 1. The molecule has 0 radical (unpaired) electrons. The molecule has 128 valence electrons. The summed E-state index contributed by atoms with van der Waals surface area (Å²) < 4.78 is 1.04. The predicted molar refractivity (Wildman–Crippen MR) is 103 cm³/mol. The third-order valence-corrected chi connectivity index (χ3v) is 5.49. The number of aromatic nitrogens is 1. The van der Waals surface area contributed by atoms with Crippen LogP contribution in [0.5, 0.6) is 0 Å². The molecule has 3 aromatic rings. The van der Waals surface area contributed by atoms with Gasteiger partial charge in [0, 0.05) is 17.8 Å². The molecule has 1 amide bonds. The second-order valence-electron chi connectivity index (χ2n) is 6.48. The number of rotatable bonds is 4. The first-order valence-corrected chi connectivity index (χ1v) is 9.62. The molecule has 1 saturated heterocycles. The molecule has 4 rings (SSSR count). The van der Waals surface area contributed by atoms with Crippen LogP contribution in [0.15, 0.2) is 48.0 Å². The molecule has 1 aromatic heterocycles. The Hall–Kier alpha value is -2.24. The average Bonchev–Trinajstić information content (AvgIpc) is 3.12. The van der Waals surface area contributed by atoms with Crippen molar-refractivity contribution in [2.45, 2.75) is 25.8 Å². The number of nitrogens with zero attached hydrogens (tertiary/aromatic N) is 2. The van der Waals surface area contributed by atoms with Gasteiger partial charge in [-0.1, -0.05) is 24.6 Å². The number of amides is 1. The highest BCUT2D eigenvalue weighted by atomic mass is 32.1. The van der Waals surface area contributed by atoms with E-state index in [0.29, 0.717) is 5.56 Å². The summed E-state index contributed by atoms with van der Waals surface area (Å²) in [7, 11) is 0. The maximum Gasteiger partial charge on any atom is 0.255 e. The minimum Gasteiger partial charge on any atom is -0.322 e. The smallest absolute Gasteiger partial charge is 0.255 e. The van der Waals surface area contributed by atoms with Crippen LogP contribution in [0.25, 0.3) is 10.2 Å². The predicted octanol–water partition coefficient (Wildman–Crippen LogP) is 4.53. The Labute approximate surface area is 151 Å². The zero-order chi connectivity index (χ0) is 17.1. The standard InChI is InChI=1S/C20H21N3OS/c24-20(15-8-9-18-19(12-15)25-14-21-18)22-17-7-3-2-6-16(17)13-23-10-4-1-5-11-23/h2-3,6-9,12,14H,1,4-5,10-11,13H2,(H,22,24). The Morgan fingerprint density at radius 2 is 1.96 bits per heavy atom. The number of fused-ring (bicyclic) bond motifs is 1. The van der Waals surface area contributed by atoms with Gasteiger partial charge in [0.2, 0.25) is 0 Å². The number of likely N-dealkylation sites (tertiary alicyclic amines) is 1. The topological polar surface area (TPSA) is 45.2 Å². The van der Waals surface area contributed by atoms with Crippen LogP contribution in [-0.4, -0.2) is 28.9 Å². The van der Waals surface area contributed by atoms with Crippen molar-refractivity contribution < 1.29 is 4.79 Å². The first-order valence-electron chi connectivity index (χ1n) is 8.74. The van der Waals surface area contributed by atoms with Gasteiger partial charge in [0.15, 0.2) is 0 Å². The normalized spacial score (nSPS) is 15.4. The summed E-state index contributed by atoms with van der Waals surface area (Å²) >= 11 is 1.55. The van der Waals surface area contributed by atoms with E-state index in [1.807, 2.05) is 36.4 Å². The van der Waals surface area contributed by atoms with Gasteiger partial charge in [-0.05, 0) is 55.8 Å². The first kappa shape index (κ1) is 16.2. The van der Waals surface area contributed by atoms with Crippen molar-refractivity contribution in [3.05, 3.63) is 59.1 Å². The number of anilines is 1. The summed E-state index contributed by atoms with van der Waals surface area (Å²) in [5.41, 5.74) is 5.50. The van der Waals surface area contributed by atoms with Crippen molar-refractivity contribution in [2.75, 3.05) is 18.4 Å². The third kappa shape index (κ3) is 3.72. The Kier molecular flexibility index (Phi) is 4.76. The molecule has 0 bridgehead atoms. The van der Waals surface area contributed by atoms with E-state index in [0.717, 1.165) is 35.5 Å². The van der Waals surface area contributed by atoms with Crippen LogP contribution in [-0.2, 0) is 6.54 Å². The van der Waals surface area contributed by atoms with Gasteiger partial charge in [-0.3, -0.25) is 9.69 Å². The van der Waals surface area contributed by atoms with E-state index in [1.54, 1.807) is 16.8 Å². The Bertz CT molecular complexity index is 883. The zero-order valence-corrected chi connectivity index (χ0v) is 14.9. The van der Waals surface area contributed by atoms with Crippen LogP contribution in [0.3, 0.4) is 0 Å². The van der Waals surface area contributed by atoms with Crippen LogP contribution >= 0.6 is 11.3 Å². The SMILES string of the molecule is O=C(Nc1ccccc1CN1CCCCC1)c1ccc2ncsc2c1. The lowest BCUT2D eigenvalue weighted by atomic mass is 10.1. The molecule has 2 heterocycles. The monoisotopic (exact) mass is 351 g/mol. The number of para-hydroxylation sites is 1. The van der Waals surface area contributed by atoms with E-state index in [9.17, 15) is 4.79 Å². The fourth-order valence-electron chi connectivity index (χ4n) is 3.33. The number of thiazole rings is 1. The fourth-order valence-corrected chi connectivity index (χ4v) is 4.05. The van der Waals surface area contributed by atoms with E-state index < -0.39 is 0 Å². The summed E-state index contributed by atoms with van der Waals surface area (Å²) in [6.07, 6.45) is 3.86. The van der Waals surface area contributed by atoms with Gasteiger partial charge < -0.3 is 5.32 Å². The summed E-state index contributed by atoms with van der Waals surface area (Å²) in [4.78, 5) is 19.4. The maximum absolute atomic E-state index is 12.7. The van der Waals surface area contributed by atoms with Crippen LogP contribution in [0, 0.1) is 0 Å². The molecule has 0 spiro atoms. The first-order chi connectivity index (χ1) is 12.3. The summed E-state index contributed by atoms with van der Waals surface area (Å²) in [5, 5.41) is 3.09. The quantitative estimate of drug-likeness (QED) is 0.751. The van der Waals surface area contributed by atoms with Crippen molar-refractivity contribution in [1.82, 2.24) is 9.88 Å². The highest BCUT2D eigenvalue weighted by Crippen LogP contribution is 2.22. The summed E-state index contributed by atoms with van der Waals surface area (Å²) in [5.74, 6) is -0.0682. The van der Waals surface area contributed by atoms with E-state index in [4.69, 9.17) is 0 Å². The molecule has 0 atom stereocenters. The number of hydrogen-bond donors (Lipinski definition) is 1. The molecule has 5 heteroatoms. The van der Waals surface area contributed by atoms with Crippen LogP contribution in [0.2, 0.25) is 0 Å². The van der Waals surface area contributed by atoms with Gasteiger partial charge in [-0.15, -0.1) is 11.3 Å². The highest BCUT2D eigenvalue weighted by Gasteiger charge is 2.14. The van der Waals surface area contributed by atoms with E-state index in [-0.39, 0.29) is 5.91 Å². The zero-order valence-electron chi connectivity index (χ0n) is 14.1. The number of benzene rings is 2. The Morgan fingerprint density at radius 1 is 1.12 bits per heavy atom. The molecule has 1 aliphatic rings. The number of carbonyl (C=O) groups is 1. The van der Waals surface area contributed by atoms with E-state index >= 15 is 0 Å². The summed E-state index contributed by atoms with van der Waals surface area (Å²) in [6, 6.07) is 13.8. The Balaban J connectivity index is 1.52. The van der Waals surface area contributed by atoms with Gasteiger partial charge >= 0.3 is 0 Å². The lowest BCUT2D eigenvalue weighted by Gasteiger charge is -2.27. The molecule has 4 nitrogen and oxygen atoms in total. The fraction of sp³-hybridized carbons (Fsp3) is 0.300. The van der Waals surface area contributed by atoms with Crippen LogP contribution < -0.4 is 5.32 Å². The van der Waals surface area contributed by atoms with Gasteiger partial charge in [0.05, 0.1) is 15.7 Å². The average molecular weight is 351 g/mol. The minimum atomic E-state index is -0.0682. The largest absolute Gasteiger partial charge is 0.322 e. The molecule has 0 unspecified atom stereocenters. The molecule has 2 aromatic carbocycles. The molecule has 1 aliphatic heterocycles. The second kappa shape index (κ2) is 7.33. The molecular weight excluding hydrogens is 330 g/mol. The van der Waals surface area contributed by atoms with Crippen LogP contribution in [0.4, 0.5) is 5.69 Å². The lowest BCUT2D eigenvalue weighted by molar-refractivity contribution is 0.102. The molecule has 1 N–H and O–H groups in total. The highest BCUT2D eigenvalue weighted by molar-refractivity contribution is 7.16. The third-order valence-electron chi connectivity index (χ3n) is 4.70. The number of piperidine rings is 1. The summed E-state index contributed by atoms with van der Waals surface area (Å²) in [6.45, 7) is 3.18. The van der Waals surface area contributed by atoms with Crippen molar-refractivity contribution in [2.24, 2.45) is 0 Å². The van der Waals surface area contributed by atoms with Gasteiger partial charge in [0.1, 0.15) is 0 Å². The second-order valence-corrected chi connectivity index (χ2v) is 7.37. The van der Waals surface area contributed by atoms with Gasteiger partial charge in [-0.2, -0.15) is 0 Å². The molecule has 25 heavy (non-hydrogen) atoms. The minimum absolute atomic E-state index is 0.0682. The maximum atomic E-state index is 12.7.